The van der Waals surface area contributed by atoms with E-state index in [1.54, 1.807) is 0 Å². The second-order valence-corrected chi connectivity index (χ2v) is 11.5. The zero-order chi connectivity index (χ0) is 32.7. The number of carbonyl (C=O) groups excluding carboxylic acids is 1. The van der Waals surface area contributed by atoms with Gasteiger partial charge in [0.05, 0.1) is 50.1 Å². The Morgan fingerprint density at radius 3 is 2.23 bits per heavy atom. The minimum absolute atomic E-state index is 0.0431. The van der Waals surface area contributed by atoms with Crippen molar-refractivity contribution in [2.75, 3.05) is 39.4 Å². The molecule has 2 aliphatic heterocycles. The normalized spacial score (nSPS) is 42.1. The zero-order valence-electron chi connectivity index (χ0n) is 24.3. The van der Waals surface area contributed by atoms with Crippen LogP contribution in [0.3, 0.4) is 0 Å². The van der Waals surface area contributed by atoms with Crippen LogP contribution in [0, 0.1) is 0 Å². The molecule has 1 aliphatic carbocycles. The number of nitrogens with one attached hydrogen (secondary N) is 2. The summed E-state index contributed by atoms with van der Waals surface area (Å²) in [5.41, 5.74) is 29.6. The molecule has 0 spiro atoms. The molecule has 0 aromatic carbocycles. The van der Waals surface area contributed by atoms with E-state index >= 15 is 0 Å². The van der Waals surface area contributed by atoms with Crippen LogP contribution in [0.15, 0.2) is 0 Å². The molecule has 1 saturated carbocycles. The Morgan fingerprint density at radius 1 is 0.932 bits per heavy atom. The van der Waals surface area contributed by atoms with E-state index in [-0.39, 0.29) is 45.6 Å². The number of aliphatic hydroxyl groups is 6. The molecule has 19 N–H and O–H groups in total. The highest BCUT2D eigenvalue weighted by Gasteiger charge is 2.51. The SMILES string of the molecule is NCCN(O)C(=O)NC1CC(N)C(OC2OC(CNCC(N)CO)C(O)CC2N)C(O)C1OC1OC(CO)C(O)C(N)C1O. The van der Waals surface area contributed by atoms with Crippen LogP contribution in [0.4, 0.5) is 4.79 Å². The fourth-order valence-electron chi connectivity index (χ4n) is 5.43. The number of rotatable bonds is 13. The Kier molecular flexibility index (Phi) is 14.3. The second kappa shape index (κ2) is 16.9. The van der Waals surface area contributed by atoms with Gasteiger partial charge in [-0.1, -0.05) is 0 Å². The van der Waals surface area contributed by atoms with E-state index in [1.807, 2.05) is 0 Å². The predicted molar refractivity (Wildman–Crippen MR) is 149 cm³/mol. The lowest BCUT2D eigenvalue weighted by Gasteiger charge is -2.48. The molecule has 2 amide bonds. The number of hydroxylamine groups is 2. The van der Waals surface area contributed by atoms with Crippen LogP contribution in [0.5, 0.6) is 0 Å². The molecular weight excluding hydrogens is 592 g/mol. The van der Waals surface area contributed by atoms with Crippen molar-refractivity contribution in [2.24, 2.45) is 28.7 Å². The molecule has 44 heavy (non-hydrogen) atoms. The van der Waals surface area contributed by atoms with Gasteiger partial charge >= 0.3 is 6.03 Å². The molecule has 20 heteroatoms. The van der Waals surface area contributed by atoms with Crippen molar-refractivity contribution in [1.82, 2.24) is 15.7 Å². The summed E-state index contributed by atoms with van der Waals surface area (Å²) in [6, 6.07) is -5.64. The molecular formula is C24H50N8O12. The number of amides is 2. The van der Waals surface area contributed by atoms with Gasteiger partial charge in [-0.05, 0) is 12.8 Å². The molecule has 3 aliphatic rings. The lowest BCUT2D eigenvalue weighted by atomic mass is 9.83. The predicted octanol–water partition coefficient (Wildman–Crippen LogP) is -7.94. The van der Waals surface area contributed by atoms with Crippen LogP contribution >= 0.6 is 0 Å². The molecule has 3 fully saturated rings. The molecule has 258 valence electrons. The molecule has 0 aromatic heterocycles. The van der Waals surface area contributed by atoms with Crippen molar-refractivity contribution >= 4 is 6.03 Å². The van der Waals surface area contributed by atoms with Gasteiger partial charge in [0.2, 0.25) is 0 Å². The zero-order valence-corrected chi connectivity index (χ0v) is 24.3. The summed E-state index contributed by atoms with van der Waals surface area (Å²) in [4.78, 5) is 12.6. The van der Waals surface area contributed by atoms with Gasteiger partial charge in [0.25, 0.3) is 0 Å². The molecule has 3 rings (SSSR count). The lowest BCUT2D eigenvalue weighted by molar-refractivity contribution is -0.315. The first-order chi connectivity index (χ1) is 20.8. The number of nitrogens with zero attached hydrogens (tertiary/aromatic N) is 1. The van der Waals surface area contributed by atoms with E-state index in [0.29, 0.717) is 5.06 Å². The summed E-state index contributed by atoms with van der Waals surface area (Å²) in [7, 11) is 0. The Bertz CT molecular complexity index is 885. The van der Waals surface area contributed by atoms with Crippen molar-refractivity contribution in [3.8, 4) is 0 Å². The maximum absolute atomic E-state index is 12.6. The standard InChI is InChI=1S/C24H50N8O12/c25-1-2-32(40)24(39)31-12-3-10(27)20(19(38)21(12)44-23-18(37)16(29)17(36)15(8-34)42-23)43-22-11(28)4-13(35)14(41-22)6-30-5-9(26)7-33/h9-23,30,33-38,40H,1-8,25-29H2,(H,31,39). The van der Waals surface area contributed by atoms with Gasteiger partial charge in [0, 0.05) is 31.7 Å². The van der Waals surface area contributed by atoms with Gasteiger partial charge in [-0.2, -0.15) is 0 Å². The summed E-state index contributed by atoms with van der Waals surface area (Å²) in [5, 5.41) is 77.4. The molecule has 15 atom stereocenters. The highest BCUT2D eigenvalue weighted by atomic mass is 16.7. The average Bonchev–Trinajstić information content (AvgIpc) is 2.98. The summed E-state index contributed by atoms with van der Waals surface area (Å²) in [5.74, 6) is 0. The molecule has 20 nitrogen and oxygen atoms in total. The van der Waals surface area contributed by atoms with Crippen LogP contribution in [0.2, 0.25) is 0 Å². The average molecular weight is 643 g/mol. The third-order valence-electron chi connectivity index (χ3n) is 8.01. The number of aliphatic hydroxyl groups excluding tert-OH is 6. The number of hydrogen-bond acceptors (Lipinski definition) is 18. The van der Waals surface area contributed by atoms with Crippen LogP contribution in [0.25, 0.3) is 0 Å². The number of carbonyl (C=O) groups is 1. The van der Waals surface area contributed by atoms with E-state index < -0.39 is 104 Å². The summed E-state index contributed by atoms with van der Waals surface area (Å²) in [6.07, 6.45) is -13.0. The van der Waals surface area contributed by atoms with Crippen LogP contribution < -0.4 is 39.3 Å². The molecule has 2 saturated heterocycles. The molecule has 15 unspecified atom stereocenters. The number of nitrogens with two attached hydrogens (primary N) is 5. The van der Waals surface area contributed by atoms with Crippen molar-refractivity contribution in [3.05, 3.63) is 0 Å². The minimum Gasteiger partial charge on any atom is -0.395 e. The minimum atomic E-state index is -1.63. The fraction of sp³-hybridized carbons (Fsp3) is 0.958. The van der Waals surface area contributed by atoms with E-state index in [2.05, 4.69) is 10.6 Å². The van der Waals surface area contributed by atoms with E-state index in [1.165, 1.54) is 0 Å². The Labute approximate surface area is 254 Å². The van der Waals surface area contributed by atoms with Crippen molar-refractivity contribution in [3.63, 3.8) is 0 Å². The summed E-state index contributed by atoms with van der Waals surface area (Å²) >= 11 is 0. The van der Waals surface area contributed by atoms with E-state index in [0.717, 1.165) is 0 Å². The number of urea groups is 1. The van der Waals surface area contributed by atoms with Gasteiger partial charge in [0.15, 0.2) is 12.6 Å². The van der Waals surface area contributed by atoms with Crippen LogP contribution in [-0.4, -0.2) is 178 Å². The van der Waals surface area contributed by atoms with Gasteiger partial charge < -0.3 is 88.9 Å². The highest BCUT2D eigenvalue weighted by molar-refractivity contribution is 5.73. The van der Waals surface area contributed by atoms with E-state index in [4.69, 9.17) is 52.7 Å². The third kappa shape index (κ3) is 9.11. The van der Waals surface area contributed by atoms with Crippen LogP contribution in [-0.2, 0) is 18.9 Å². The first-order valence-electron chi connectivity index (χ1n) is 14.6. The van der Waals surface area contributed by atoms with Gasteiger partial charge in [-0.3, -0.25) is 5.21 Å². The highest BCUT2D eigenvalue weighted by Crippen LogP contribution is 2.31. The van der Waals surface area contributed by atoms with Gasteiger partial charge in [0.1, 0.15) is 36.6 Å². The number of hydrogen-bond donors (Lipinski definition) is 14. The first kappa shape index (κ1) is 37.1. The van der Waals surface area contributed by atoms with Gasteiger partial charge in [-0.15, -0.1) is 0 Å². The lowest BCUT2D eigenvalue weighted by Crippen LogP contribution is -2.69. The molecule has 0 radical (unpaired) electrons. The smallest absolute Gasteiger partial charge is 0.341 e. The quantitative estimate of drug-likeness (QED) is 0.0654. The first-order valence-corrected chi connectivity index (χ1v) is 14.6. The Hall–Kier alpha value is -1.41. The molecule has 0 bridgehead atoms. The Morgan fingerprint density at radius 2 is 1.59 bits per heavy atom. The maximum Gasteiger partial charge on any atom is 0.341 e. The van der Waals surface area contributed by atoms with E-state index in [9.17, 15) is 35.5 Å². The van der Waals surface area contributed by atoms with Crippen molar-refractivity contribution < 1.29 is 59.6 Å². The third-order valence-corrected chi connectivity index (χ3v) is 8.01. The van der Waals surface area contributed by atoms with Crippen molar-refractivity contribution in [1.29, 1.82) is 0 Å². The van der Waals surface area contributed by atoms with Gasteiger partial charge in [-0.25, -0.2) is 9.86 Å². The second-order valence-electron chi connectivity index (χ2n) is 11.5. The largest absolute Gasteiger partial charge is 0.395 e. The topological polar surface area (TPSA) is 353 Å². The monoisotopic (exact) mass is 642 g/mol. The summed E-state index contributed by atoms with van der Waals surface area (Å²) in [6.45, 7) is -0.741. The number of ether oxygens (including phenoxy) is 4. The Balaban J connectivity index is 1.79. The fourth-order valence-corrected chi connectivity index (χ4v) is 5.43. The van der Waals surface area contributed by atoms with Crippen molar-refractivity contribution in [2.45, 2.75) is 104 Å². The maximum atomic E-state index is 12.6. The molecule has 2 heterocycles. The van der Waals surface area contributed by atoms with Crippen LogP contribution in [0.1, 0.15) is 12.8 Å². The summed E-state index contributed by atoms with van der Waals surface area (Å²) < 4.78 is 23.4. The molecule has 0 aromatic rings.